The zero-order valence-corrected chi connectivity index (χ0v) is 12.1. The van der Waals surface area contributed by atoms with Crippen LogP contribution in [0.1, 0.15) is 37.2 Å². The first-order valence-electron chi connectivity index (χ1n) is 6.54. The van der Waals surface area contributed by atoms with E-state index in [1.165, 1.54) is 0 Å². The number of benzene rings is 2. The van der Waals surface area contributed by atoms with E-state index < -0.39 is 12.2 Å². The SMILES string of the molecule is C[C@H](O)c1ccc2c(c1)Sc1cc([C@H](C)O)ccc1O2. The lowest BCUT2D eigenvalue weighted by Crippen LogP contribution is -1.99. The Hall–Kier alpha value is -1.49. The minimum atomic E-state index is -0.494. The fourth-order valence-corrected chi connectivity index (χ4v) is 3.18. The van der Waals surface area contributed by atoms with Gasteiger partial charge in [0.25, 0.3) is 0 Å². The van der Waals surface area contributed by atoms with Gasteiger partial charge in [0.05, 0.1) is 22.0 Å². The molecule has 0 radical (unpaired) electrons. The topological polar surface area (TPSA) is 49.7 Å². The number of aliphatic hydroxyl groups excluding tert-OH is 2. The van der Waals surface area contributed by atoms with Gasteiger partial charge in [0.1, 0.15) is 11.5 Å². The highest BCUT2D eigenvalue weighted by Gasteiger charge is 2.19. The van der Waals surface area contributed by atoms with E-state index in [1.54, 1.807) is 25.6 Å². The van der Waals surface area contributed by atoms with Gasteiger partial charge < -0.3 is 14.9 Å². The maximum absolute atomic E-state index is 9.65. The Kier molecular flexibility index (Phi) is 3.46. The van der Waals surface area contributed by atoms with E-state index in [1.807, 2.05) is 36.4 Å². The Balaban J connectivity index is 1.99. The van der Waals surface area contributed by atoms with Gasteiger partial charge in [0.15, 0.2) is 0 Å². The Labute approximate surface area is 122 Å². The molecule has 0 fully saturated rings. The van der Waals surface area contributed by atoms with Crippen LogP contribution in [0.3, 0.4) is 0 Å². The maximum Gasteiger partial charge on any atom is 0.141 e. The molecule has 0 spiro atoms. The maximum atomic E-state index is 9.65. The van der Waals surface area contributed by atoms with Crippen molar-refractivity contribution in [2.24, 2.45) is 0 Å². The summed E-state index contributed by atoms with van der Waals surface area (Å²) in [5.74, 6) is 1.60. The van der Waals surface area contributed by atoms with Crippen molar-refractivity contribution >= 4 is 11.8 Å². The highest BCUT2D eigenvalue weighted by atomic mass is 32.2. The third kappa shape index (κ3) is 2.42. The summed E-state index contributed by atoms with van der Waals surface area (Å²) in [6.07, 6.45) is -0.989. The van der Waals surface area contributed by atoms with E-state index in [2.05, 4.69) is 0 Å². The number of hydrogen-bond donors (Lipinski definition) is 2. The van der Waals surface area contributed by atoms with Gasteiger partial charge in [0, 0.05) is 0 Å². The van der Waals surface area contributed by atoms with Gasteiger partial charge in [-0.25, -0.2) is 0 Å². The van der Waals surface area contributed by atoms with Crippen molar-refractivity contribution in [3.8, 4) is 11.5 Å². The fraction of sp³-hybridized carbons (Fsp3) is 0.250. The number of aliphatic hydroxyl groups is 2. The normalized spacial score (nSPS) is 15.8. The zero-order valence-electron chi connectivity index (χ0n) is 11.3. The molecule has 2 N–H and O–H groups in total. The Morgan fingerprint density at radius 2 is 1.30 bits per heavy atom. The standard InChI is InChI=1S/C16H16O3S/c1-9(17)11-3-5-13-15(7-11)20-16-8-12(10(2)18)4-6-14(16)19-13/h3-10,17-18H,1-2H3/t9-,10-/m0/s1. The average Bonchev–Trinajstić information content (AvgIpc) is 2.43. The van der Waals surface area contributed by atoms with Crippen molar-refractivity contribution in [2.45, 2.75) is 35.8 Å². The molecule has 3 nitrogen and oxygen atoms in total. The molecule has 1 heterocycles. The largest absolute Gasteiger partial charge is 0.455 e. The monoisotopic (exact) mass is 288 g/mol. The van der Waals surface area contributed by atoms with Crippen LogP contribution in [0.5, 0.6) is 11.5 Å². The molecule has 4 heteroatoms. The van der Waals surface area contributed by atoms with Crippen LogP contribution in [0.4, 0.5) is 0 Å². The lowest BCUT2D eigenvalue weighted by molar-refractivity contribution is 0.199. The van der Waals surface area contributed by atoms with E-state index in [-0.39, 0.29) is 0 Å². The van der Waals surface area contributed by atoms with Gasteiger partial charge >= 0.3 is 0 Å². The second-order valence-corrected chi connectivity index (χ2v) is 6.05. The number of hydrogen-bond acceptors (Lipinski definition) is 4. The van der Waals surface area contributed by atoms with Crippen molar-refractivity contribution in [2.75, 3.05) is 0 Å². The molecule has 20 heavy (non-hydrogen) atoms. The van der Waals surface area contributed by atoms with Crippen molar-refractivity contribution in [3.63, 3.8) is 0 Å². The van der Waals surface area contributed by atoms with Crippen LogP contribution in [-0.4, -0.2) is 10.2 Å². The Bertz CT molecular complexity index is 595. The van der Waals surface area contributed by atoms with Crippen LogP contribution < -0.4 is 4.74 Å². The molecule has 2 aromatic rings. The smallest absolute Gasteiger partial charge is 0.141 e. The minimum Gasteiger partial charge on any atom is -0.455 e. The predicted octanol–water partition coefficient (Wildman–Crippen LogP) is 4.05. The quantitative estimate of drug-likeness (QED) is 0.747. The van der Waals surface area contributed by atoms with Crippen LogP contribution >= 0.6 is 11.8 Å². The molecule has 1 aliphatic heterocycles. The molecule has 0 saturated heterocycles. The first-order chi connectivity index (χ1) is 9.54. The fourth-order valence-electron chi connectivity index (χ4n) is 2.13. The number of fused-ring (bicyclic) bond motifs is 2. The van der Waals surface area contributed by atoms with E-state index in [9.17, 15) is 10.2 Å². The van der Waals surface area contributed by atoms with Gasteiger partial charge in [0.2, 0.25) is 0 Å². The van der Waals surface area contributed by atoms with Gasteiger partial charge in [-0.2, -0.15) is 0 Å². The molecule has 0 unspecified atom stereocenters. The molecule has 0 aromatic heterocycles. The van der Waals surface area contributed by atoms with Crippen LogP contribution in [-0.2, 0) is 0 Å². The van der Waals surface area contributed by atoms with Crippen LogP contribution in [0.2, 0.25) is 0 Å². The summed E-state index contributed by atoms with van der Waals surface area (Å²) in [5.41, 5.74) is 1.74. The van der Waals surface area contributed by atoms with Gasteiger partial charge in [-0.05, 0) is 49.2 Å². The van der Waals surface area contributed by atoms with Crippen LogP contribution in [0.25, 0.3) is 0 Å². The molecule has 2 aromatic carbocycles. The summed E-state index contributed by atoms with van der Waals surface area (Å²) in [7, 11) is 0. The second-order valence-electron chi connectivity index (χ2n) is 4.97. The number of rotatable bonds is 2. The molecular weight excluding hydrogens is 272 g/mol. The van der Waals surface area contributed by atoms with E-state index >= 15 is 0 Å². The first-order valence-corrected chi connectivity index (χ1v) is 7.36. The molecule has 0 saturated carbocycles. The van der Waals surface area contributed by atoms with Crippen molar-refractivity contribution in [1.82, 2.24) is 0 Å². The molecule has 0 amide bonds. The highest BCUT2D eigenvalue weighted by Crippen LogP contribution is 2.48. The van der Waals surface area contributed by atoms with Crippen LogP contribution in [0, 0.1) is 0 Å². The molecule has 2 atom stereocenters. The second kappa shape index (κ2) is 5.13. The predicted molar refractivity (Wildman–Crippen MR) is 78.3 cm³/mol. The summed E-state index contributed by atoms with van der Waals surface area (Å²) < 4.78 is 5.86. The van der Waals surface area contributed by atoms with Crippen LogP contribution in [0.15, 0.2) is 46.2 Å². The lowest BCUT2D eigenvalue weighted by Gasteiger charge is -2.21. The van der Waals surface area contributed by atoms with E-state index in [0.29, 0.717) is 0 Å². The third-order valence-corrected chi connectivity index (χ3v) is 4.42. The first kappa shape index (κ1) is 13.5. The zero-order chi connectivity index (χ0) is 14.3. The van der Waals surface area contributed by atoms with Crippen molar-refractivity contribution in [1.29, 1.82) is 0 Å². The molecular formula is C16H16O3S. The molecule has 1 aliphatic rings. The van der Waals surface area contributed by atoms with Crippen molar-refractivity contribution in [3.05, 3.63) is 47.5 Å². The molecule has 0 bridgehead atoms. The van der Waals surface area contributed by atoms with Gasteiger partial charge in [-0.15, -0.1) is 0 Å². The molecule has 0 aliphatic carbocycles. The van der Waals surface area contributed by atoms with Gasteiger partial charge in [-0.3, -0.25) is 0 Å². The van der Waals surface area contributed by atoms with E-state index in [0.717, 1.165) is 32.4 Å². The lowest BCUT2D eigenvalue weighted by atomic mass is 10.1. The summed E-state index contributed by atoms with van der Waals surface area (Å²) in [6, 6.07) is 11.4. The summed E-state index contributed by atoms with van der Waals surface area (Å²) >= 11 is 1.60. The minimum absolute atomic E-state index is 0.494. The average molecular weight is 288 g/mol. The van der Waals surface area contributed by atoms with E-state index in [4.69, 9.17) is 4.74 Å². The van der Waals surface area contributed by atoms with Gasteiger partial charge in [-0.1, -0.05) is 23.9 Å². The summed E-state index contributed by atoms with van der Waals surface area (Å²) in [4.78, 5) is 1.97. The Morgan fingerprint density at radius 1 is 0.850 bits per heavy atom. The summed E-state index contributed by atoms with van der Waals surface area (Å²) in [5, 5.41) is 19.3. The third-order valence-electron chi connectivity index (χ3n) is 3.34. The molecule has 3 rings (SSSR count). The highest BCUT2D eigenvalue weighted by molar-refractivity contribution is 7.99. The van der Waals surface area contributed by atoms with Crippen molar-refractivity contribution < 1.29 is 14.9 Å². The molecule has 104 valence electrons. The Morgan fingerprint density at radius 3 is 1.70 bits per heavy atom. The summed E-state index contributed by atoms with van der Waals surface area (Å²) in [6.45, 7) is 3.49. The number of ether oxygens (including phenoxy) is 1.